The van der Waals surface area contributed by atoms with Gasteiger partial charge in [-0.15, -0.1) is 0 Å². The highest BCUT2D eigenvalue weighted by Gasteiger charge is 2.29. The summed E-state index contributed by atoms with van der Waals surface area (Å²) >= 11 is 6.17. The molecule has 0 spiro atoms. The predicted molar refractivity (Wildman–Crippen MR) is 76.6 cm³/mol. The van der Waals surface area contributed by atoms with Crippen molar-refractivity contribution < 1.29 is 9.90 Å². The van der Waals surface area contributed by atoms with E-state index in [1.54, 1.807) is 6.07 Å². The van der Waals surface area contributed by atoms with Gasteiger partial charge in [0, 0.05) is 19.2 Å². The predicted octanol–water partition coefficient (Wildman–Crippen LogP) is 3.03. The standard InChI is InChI=1S/C15H20ClNO2/c1-11-6-7-13(14(16)10-11)15(19)17(8-3-9-18)12-4-2-5-12/h6-7,10,12,18H,2-5,8-9H2,1H3. The van der Waals surface area contributed by atoms with Gasteiger partial charge in [-0.05, 0) is 50.3 Å². The van der Waals surface area contributed by atoms with Crippen molar-refractivity contribution in [3.05, 3.63) is 34.3 Å². The lowest BCUT2D eigenvalue weighted by Crippen LogP contribution is -2.45. The fraction of sp³-hybridized carbons (Fsp3) is 0.533. The zero-order valence-electron chi connectivity index (χ0n) is 11.2. The number of carbonyl (C=O) groups excluding carboxylic acids is 1. The molecule has 0 unspecified atom stereocenters. The van der Waals surface area contributed by atoms with Crippen LogP contribution in [0.25, 0.3) is 0 Å². The number of nitrogens with zero attached hydrogens (tertiary/aromatic N) is 1. The molecule has 0 aromatic heterocycles. The third-order valence-corrected chi connectivity index (χ3v) is 4.00. The average molecular weight is 282 g/mol. The maximum atomic E-state index is 12.6. The minimum atomic E-state index is -0.0110. The first-order valence-electron chi connectivity index (χ1n) is 6.81. The monoisotopic (exact) mass is 281 g/mol. The van der Waals surface area contributed by atoms with Crippen LogP contribution in [0.4, 0.5) is 0 Å². The van der Waals surface area contributed by atoms with Crippen molar-refractivity contribution in [2.75, 3.05) is 13.2 Å². The normalized spacial score (nSPS) is 15.1. The molecule has 1 fully saturated rings. The molecule has 1 aliphatic rings. The van der Waals surface area contributed by atoms with Crippen LogP contribution in [0.1, 0.15) is 41.6 Å². The molecule has 1 aromatic rings. The fourth-order valence-electron chi connectivity index (χ4n) is 2.34. The number of halogens is 1. The van der Waals surface area contributed by atoms with Gasteiger partial charge in [0.15, 0.2) is 0 Å². The number of amides is 1. The number of hydrogen-bond acceptors (Lipinski definition) is 2. The summed E-state index contributed by atoms with van der Waals surface area (Å²) in [5, 5.41) is 9.48. The summed E-state index contributed by atoms with van der Waals surface area (Å²) in [5.74, 6) is -0.0110. The molecule has 1 N–H and O–H groups in total. The molecule has 1 amide bonds. The van der Waals surface area contributed by atoms with Crippen molar-refractivity contribution in [2.45, 2.75) is 38.6 Å². The molecule has 0 atom stereocenters. The van der Waals surface area contributed by atoms with E-state index in [1.165, 1.54) is 6.42 Å². The van der Waals surface area contributed by atoms with E-state index in [1.807, 2.05) is 24.0 Å². The van der Waals surface area contributed by atoms with Crippen molar-refractivity contribution in [3.63, 3.8) is 0 Å². The second kappa shape index (κ2) is 6.40. The number of carbonyl (C=O) groups is 1. The van der Waals surface area contributed by atoms with E-state index in [-0.39, 0.29) is 12.5 Å². The molecule has 4 heteroatoms. The average Bonchev–Trinajstić information content (AvgIpc) is 2.31. The van der Waals surface area contributed by atoms with Crippen LogP contribution in [0.5, 0.6) is 0 Å². The van der Waals surface area contributed by atoms with Crippen molar-refractivity contribution in [1.82, 2.24) is 4.90 Å². The Balaban J connectivity index is 2.17. The molecular formula is C15H20ClNO2. The lowest BCUT2D eigenvalue weighted by atomic mass is 9.90. The molecule has 2 rings (SSSR count). The van der Waals surface area contributed by atoms with Gasteiger partial charge < -0.3 is 10.0 Å². The van der Waals surface area contributed by atoms with Gasteiger partial charge in [-0.25, -0.2) is 0 Å². The molecule has 0 bridgehead atoms. The number of aryl methyl sites for hydroxylation is 1. The van der Waals surface area contributed by atoms with Crippen LogP contribution >= 0.6 is 11.6 Å². The fourth-order valence-corrected chi connectivity index (χ4v) is 2.65. The first-order valence-corrected chi connectivity index (χ1v) is 7.19. The number of benzene rings is 1. The molecule has 3 nitrogen and oxygen atoms in total. The van der Waals surface area contributed by atoms with E-state index in [0.29, 0.717) is 29.6 Å². The molecule has 19 heavy (non-hydrogen) atoms. The molecule has 1 aromatic carbocycles. The minimum absolute atomic E-state index is 0.0110. The van der Waals surface area contributed by atoms with Gasteiger partial charge in [0.05, 0.1) is 10.6 Å². The Kier molecular flexibility index (Phi) is 4.83. The second-order valence-corrected chi connectivity index (χ2v) is 5.55. The second-order valence-electron chi connectivity index (χ2n) is 5.14. The molecule has 1 aliphatic carbocycles. The number of aliphatic hydroxyl groups is 1. The summed E-state index contributed by atoms with van der Waals surface area (Å²) in [4.78, 5) is 14.4. The maximum Gasteiger partial charge on any atom is 0.255 e. The minimum Gasteiger partial charge on any atom is -0.396 e. The topological polar surface area (TPSA) is 40.5 Å². The van der Waals surface area contributed by atoms with Crippen molar-refractivity contribution in [2.24, 2.45) is 0 Å². The van der Waals surface area contributed by atoms with E-state index in [4.69, 9.17) is 16.7 Å². The van der Waals surface area contributed by atoms with Crippen LogP contribution in [-0.2, 0) is 0 Å². The Hall–Kier alpha value is -1.06. The van der Waals surface area contributed by atoms with Crippen LogP contribution in [0.3, 0.4) is 0 Å². The first-order chi connectivity index (χ1) is 9.13. The van der Waals surface area contributed by atoms with Gasteiger partial charge in [-0.2, -0.15) is 0 Å². The van der Waals surface area contributed by atoms with Gasteiger partial charge in [0.1, 0.15) is 0 Å². The van der Waals surface area contributed by atoms with Crippen molar-refractivity contribution in [3.8, 4) is 0 Å². The van der Waals surface area contributed by atoms with Crippen LogP contribution in [-0.4, -0.2) is 35.1 Å². The third kappa shape index (κ3) is 3.28. The largest absolute Gasteiger partial charge is 0.396 e. The Morgan fingerprint density at radius 2 is 2.21 bits per heavy atom. The quantitative estimate of drug-likeness (QED) is 0.901. The SMILES string of the molecule is Cc1ccc(C(=O)N(CCCO)C2CCC2)c(Cl)c1. The zero-order valence-corrected chi connectivity index (χ0v) is 12.0. The zero-order chi connectivity index (χ0) is 13.8. The molecule has 0 heterocycles. The van der Waals surface area contributed by atoms with Crippen LogP contribution < -0.4 is 0 Å². The molecule has 0 saturated heterocycles. The van der Waals surface area contributed by atoms with Crippen LogP contribution in [0.15, 0.2) is 18.2 Å². The van der Waals surface area contributed by atoms with E-state index >= 15 is 0 Å². The summed E-state index contributed by atoms with van der Waals surface area (Å²) in [7, 11) is 0. The van der Waals surface area contributed by atoms with Crippen molar-refractivity contribution in [1.29, 1.82) is 0 Å². The van der Waals surface area contributed by atoms with Gasteiger partial charge in [0.2, 0.25) is 0 Å². The molecule has 104 valence electrons. The molecule has 1 saturated carbocycles. The third-order valence-electron chi connectivity index (χ3n) is 3.69. The van der Waals surface area contributed by atoms with Gasteiger partial charge in [-0.3, -0.25) is 4.79 Å². The van der Waals surface area contributed by atoms with Crippen LogP contribution in [0.2, 0.25) is 5.02 Å². The van der Waals surface area contributed by atoms with E-state index < -0.39 is 0 Å². The summed E-state index contributed by atoms with van der Waals surface area (Å²) in [6.07, 6.45) is 3.90. The van der Waals surface area contributed by atoms with Gasteiger partial charge >= 0.3 is 0 Å². The smallest absolute Gasteiger partial charge is 0.255 e. The highest BCUT2D eigenvalue weighted by molar-refractivity contribution is 6.33. The van der Waals surface area contributed by atoms with Crippen molar-refractivity contribution >= 4 is 17.5 Å². The Morgan fingerprint density at radius 3 is 2.74 bits per heavy atom. The molecule has 0 aliphatic heterocycles. The van der Waals surface area contributed by atoms with Crippen LogP contribution in [0, 0.1) is 6.92 Å². The lowest BCUT2D eigenvalue weighted by molar-refractivity contribution is 0.0562. The van der Waals surface area contributed by atoms with E-state index in [0.717, 1.165) is 18.4 Å². The van der Waals surface area contributed by atoms with E-state index in [9.17, 15) is 4.79 Å². The highest BCUT2D eigenvalue weighted by atomic mass is 35.5. The lowest BCUT2D eigenvalue weighted by Gasteiger charge is -2.37. The van der Waals surface area contributed by atoms with E-state index in [2.05, 4.69) is 0 Å². The summed E-state index contributed by atoms with van der Waals surface area (Å²) in [5.41, 5.74) is 1.62. The molecule has 0 radical (unpaired) electrons. The number of rotatable bonds is 5. The summed E-state index contributed by atoms with van der Waals surface area (Å²) in [6.45, 7) is 2.66. The number of hydrogen-bond donors (Lipinski definition) is 1. The summed E-state index contributed by atoms with van der Waals surface area (Å²) in [6, 6.07) is 5.84. The Bertz CT molecular complexity index is 457. The highest BCUT2D eigenvalue weighted by Crippen LogP contribution is 2.28. The Labute approximate surface area is 119 Å². The molecular weight excluding hydrogens is 262 g/mol. The van der Waals surface area contributed by atoms with Gasteiger partial charge in [-0.1, -0.05) is 17.7 Å². The van der Waals surface area contributed by atoms with Gasteiger partial charge in [0.25, 0.3) is 5.91 Å². The summed E-state index contributed by atoms with van der Waals surface area (Å²) < 4.78 is 0. The maximum absolute atomic E-state index is 12.6. The first kappa shape index (κ1) is 14.4. The Morgan fingerprint density at radius 1 is 1.47 bits per heavy atom. The number of aliphatic hydroxyl groups excluding tert-OH is 1.